The lowest BCUT2D eigenvalue weighted by Crippen LogP contribution is -2.22. The lowest BCUT2D eigenvalue weighted by atomic mass is 9.74. The molecule has 0 saturated carbocycles. The van der Waals surface area contributed by atoms with Crippen LogP contribution in [0.4, 0.5) is 0 Å². The third-order valence-electron chi connectivity index (χ3n) is 3.98. The second-order valence-electron chi connectivity index (χ2n) is 5.83. The molecule has 1 atom stereocenters. The van der Waals surface area contributed by atoms with E-state index in [1.165, 1.54) is 27.8 Å². The van der Waals surface area contributed by atoms with Crippen molar-refractivity contribution >= 4 is 0 Å². The predicted octanol–water partition coefficient (Wildman–Crippen LogP) is 4.76. The zero-order valence-corrected chi connectivity index (χ0v) is 13.1. The van der Waals surface area contributed by atoms with Crippen LogP contribution in [-0.2, 0) is 5.41 Å². The van der Waals surface area contributed by atoms with Crippen molar-refractivity contribution in [2.24, 2.45) is 0 Å². The zero-order chi connectivity index (χ0) is 14.9. The smallest absolute Gasteiger partial charge is 0.153 e. The summed E-state index contributed by atoms with van der Waals surface area (Å²) < 4.78 is 5.34. The highest BCUT2D eigenvalue weighted by atomic mass is 16.5. The van der Waals surface area contributed by atoms with E-state index in [0.29, 0.717) is 0 Å². The minimum atomic E-state index is -0.256. The molecule has 0 heterocycles. The summed E-state index contributed by atoms with van der Waals surface area (Å²) in [5, 5.41) is 0. The van der Waals surface area contributed by atoms with Crippen LogP contribution < -0.4 is 4.74 Å². The Balaban J connectivity index is 2.56. The Morgan fingerprint density at radius 3 is 1.90 bits per heavy atom. The summed E-state index contributed by atoms with van der Waals surface area (Å²) >= 11 is 0. The summed E-state index contributed by atoms with van der Waals surface area (Å²) in [6.07, 6.45) is 0. The Hall–Kier alpha value is -1.89. The van der Waals surface area contributed by atoms with Gasteiger partial charge in [0.2, 0.25) is 0 Å². The molecule has 1 unspecified atom stereocenters. The lowest BCUT2D eigenvalue weighted by molar-refractivity contribution is 0.413. The standard InChI is InChI=1S/C19H23O/c1-13-7-9-16(10-8-13)19(4,5)18-14(2)11-17(20-6)12-15(18)3/h7-12H,4H2,1-3,5-6H3/q+1. The van der Waals surface area contributed by atoms with E-state index in [2.05, 4.69) is 71.0 Å². The summed E-state index contributed by atoms with van der Waals surface area (Å²) in [6, 6.07) is 12.8. The largest absolute Gasteiger partial charge is 0.497 e. The maximum atomic E-state index is 5.34. The van der Waals surface area contributed by atoms with E-state index in [-0.39, 0.29) is 5.41 Å². The van der Waals surface area contributed by atoms with Crippen LogP contribution in [0.5, 0.6) is 5.75 Å². The van der Waals surface area contributed by atoms with Crippen LogP contribution in [0.2, 0.25) is 0 Å². The van der Waals surface area contributed by atoms with Gasteiger partial charge in [0.15, 0.2) is 5.41 Å². The molecule has 0 N–H and O–H groups in total. The number of hydrogen-bond acceptors (Lipinski definition) is 1. The van der Waals surface area contributed by atoms with Gasteiger partial charge in [-0.15, -0.1) is 0 Å². The number of aryl methyl sites for hydroxylation is 3. The van der Waals surface area contributed by atoms with Crippen LogP contribution in [0.1, 0.15) is 34.7 Å². The van der Waals surface area contributed by atoms with Crippen molar-refractivity contribution in [1.82, 2.24) is 0 Å². The molecule has 0 aromatic heterocycles. The second kappa shape index (κ2) is 5.24. The van der Waals surface area contributed by atoms with Crippen molar-refractivity contribution in [2.45, 2.75) is 33.1 Å². The molecule has 2 rings (SSSR count). The molecule has 0 radical (unpaired) electrons. The Morgan fingerprint density at radius 1 is 0.950 bits per heavy atom. The van der Waals surface area contributed by atoms with Gasteiger partial charge in [0.1, 0.15) is 5.75 Å². The van der Waals surface area contributed by atoms with Crippen molar-refractivity contribution < 1.29 is 4.74 Å². The molecule has 1 nitrogen and oxygen atoms in total. The van der Waals surface area contributed by atoms with E-state index < -0.39 is 0 Å². The van der Waals surface area contributed by atoms with Crippen LogP contribution >= 0.6 is 0 Å². The van der Waals surface area contributed by atoms with Gasteiger partial charge in [-0.3, -0.25) is 0 Å². The highest BCUT2D eigenvalue weighted by Gasteiger charge is 2.33. The fourth-order valence-corrected chi connectivity index (χ4v) is 2.98. The van der Waals surface area contributed by atoms with E-state index in [9.17, 15) is 0 Å². The second-order valence-corrected chi connectivity index (χ2v) is 5.83. The van der Waals surface area contributed by atoms with Gasteiger partial charge in [-0.05, 0) is 51.0 Å². The Labute approximate surface area is 122 Å². The van der Waals surface area contributed by atoms with E-state index >= 15 is 0 Å². The van der Waals surface area contributed by atoms with Gasteiger partial charge in [-0.1, -0.05) is 29.8 Å². The first-order valence-corrected chi connectivity index (χ1v) is 6.94. The Morgan fingerprint density at radius 2 is 1.45 bits per heavy atom. The first kappa shape index (κ1) is 14.5. The van der Waals surface area contributed by atoms with Gasteiger partial charge >= 0.3 is 0 Å². The third-order valence-corrected chi connectivity index (χ3v) is 3.98. The fraction of sp³-hybridized carbons (Fsp3) is 0.316. The van der Waals surface area contributed by atoms with Crippen LogP contribution in [0, 0.1) is 27.7 Å². The number of methoxy groups -OCH3 is 1. The highest BCUT2D eigenvalue weighted by Crippen LogP contribution is 2.37. The topological polar surface area (TPSA) is 9.23 Å². The van der Waals surface area contributed by atoms with Gasteiger partial charge in [0.25, 0.3) is 0 Å². The monoisotopic (exact) mass is 267 g/mol. The summed E-state index contributed by atoms with van der Waals surface area (Å²) in [4.78, 5) is 0. The molecule has 2 aromatic rings. The van der Waals surface area contributed by atoms with E-state index in [1.54, 1.807) is 7.11 Å². The van der Waals surface area contributed by atoms with E-state index in [0.717, 1.165) is 5.75 Å². The molecule has 0 aliphatic heterocycles. The van der Waals surface area contributed by atoms with Gasteiger partial charge in [0.05, 0.1) is 14.0 Å². The zero-order valence-electron chi connectivity index (χ0n) is 13.1. The van der Waals surface area contributed by atoms with Crippen LogP contribution in [-0.4, -0.2) is 7.11 Å². The lowest BCUT2D eigenvalue weighted by Gasteiger charge is -2.24. The van der Waals surface area contributed by atoms with Gasteiger partial charge in [-0.25, -0.2) is 0 Å². The summed E-state index contributed by atoms with van der Waals surface area (Å²) in [6.45, 7) is 13.0. The third kappa shape index (κ3) is 2.53. The van der Waals surface area contributed by atoms with Gasteiger partial charge in [0, 0.05) is 11.1 Å². The normalized spacial score (nSPS) is 13.8. The van der Waals surface area contributed by atoms with Crippen molar-refractivity contribution in [1.29, 1.82) is 0 Å². The van der Waals surface area contributed by atoms with Crippen LogP contribution in [0.15, 0.2) is 36.4 Å². The molecule has 20 heavy (non-hydrogen) atoms. The SMILES string of the molecule is [CH2+]C(C)(c1ccc(C)cc1)c1c(C)cc(OC)cc1C. The molecule has 1 heteroatoms. The first-order valence-electron chi connectivity index (χ1n) is 6.94. The Bertz CT molecular complexity index is 583. The Kier molecular flexibility index (Phi) is 3.80. The molecule has 0 spiro atoms. The quantitative estimate of drug-likeness (QED) is 0.728. The van der Waals surface area contributed by atoms with Gasteiger partial charge in [-0.2, -0.15) is 0 Å². The van der Waals surface area contributed by atoms with Crippen molar-refractivity contribution in [2.75, 3.05) is 7.11 Å². The van der Waals surface area contributed by atoms with Crippen LogP contribution in [0.3, 0.4) is 0 Å². The number of benzene rings is 2. The minimum absolute atomic E-state index is 0.256. The molecule has 104 valence electrons. The predicted molar refractivity (Wildman–Crippen MR) is 85.5 cm³/mol. The molecule has 0 amide bonds. The van der Waals surface area contributed by atoms with Crippen molar-refractivity contribution in [3.05, 3.63) is 71.1 Å². The van der Waals surface area contributed by atoms with Crippen LogP contribution in [0.25, 0.3) is 0 Å². The fourth-order valence-electron chi connectivity index (χ4n) is 2.98. The summed E-state index contributed by atoms with van der Waals surface area (Å²) in [5.74, 6) is 0.906. The maximum Gasteiger partial charge on any atom is 0.153 e. The molecule has 0 aliphatic rings. The van der Waals surface area contributed by atoms with E-state index in [1.807, 2.05) is 0 Å². The summed E-state index contributed by atoms with van der Waals surface area (Å²) in [5.41, 5.74) is 5.97. The molecular formula is C19H23O+. The molecule has 0 aliphatic carbocycles. The maximum absolute atomic E-state index is 5.34. The van der Waals surface area contributed by atoms with E-state index in [4.69, 9.17) is 4.74 Å². The number of hydrogen-bond donors (Lipinski definition) is 0. The van der Waals surface area contributed by atoms with Crippen molar-refractivity contribution in [3.8, 4) is 5.75 Å². The van der Waals surface area contributed by atoms with Gasteiger partial charge < -0.3 is 4.74 Å². The number of ether oxygens (including phenoxy) is 1. The minimum Gasteiger partial charge on any atom is -0.497 e. The van der Waals surface area contributed by atoms with Crippen molar-refractivity contribution in [3.63, 3.8) is 0 Å². The highest BCUT2D eigenvalue weighted by molar-refractivity contribution is 5.51. The molecule has 0 bridgehead atoms. The summed E-state index contributed by atoms with van der Waals surface area (Å²) in [7, 11) is 1.71. The average Bonchev–Trinajstić information content (AvgIpc) is 2.37. The molecular weight excluding hydrogens is 244 g/mol. The first-order chi connectivity index (χ1) is 9.36. The average molecular weight is 267 g/mol. The molecule has 0 saturated heterocycles. The molecule has 0 fully saturated rings. The molecule has 2 aromatic carbocycles. The number of rotatable bonds is 3.